The molecule has 1 heterocycles. The van der Waals surface area contributed by atoms with Gasteiger partial charge in [0.05, 0.1) is 29.7 Å². The average molecular weight is 320 g/mol. The molecule has 6 heteroatoms. The number of nitrogens with two attached hydrogens (primary N) is 1. The fraction of sp³-hybridized carbons (Fsp3) is 0.375. The first-order valence-electron chi connectivity index (χ1n) is 7.18. The van der Waals surface area contributed by atoms with Crippen LogP contribution in [0.25, 0.3) is 0 Å². The van der Waals surface area contributed by atoms with Gasteiger partial charge in [-0.25, -0.2) is 9.79 Å². The largest absolute Gasteiger partial charge is 0.494 e. The maximum absolute atomic E-state index is 12.2. The predicted octanol–water partition coefficient (Wildman–Crippen LogP) is 3.03. The van der Waals surface area contributed by atoms with Crippen LogP contribution in [0.1, 0.15) is 31.6 Å². The maximum Gasteiger partial charge on any atom is 0.337 e. The summed E-state index contributed by atoms with van der Waals surface area (Å²) in [5.41, 5.74) is 7.99. The first kappa shape index (κ1) is 16.4. The molecule has 0 saturated carbocycles. The quantitative estimate of drug-likeness (QED) is 0.844. The molecule has 2 rings (SSSR count). The summed E-state index contributed by atoms with van der Waals surface area (Å²) < 4.78 is 10.6. The molecule has 2 N–H and O–H groups in total. The standard InChI is InChI=1S/C16H20N2O3S/c1-4-20-12-8-6-11(7-9-12)14-13(15(19)21-5-2)10(3)18-16(17)22-14/h6-9,14H,4-5H2,1-3H3,(H2,17,18). The monoisotopic (exact) mass is 320 g/mol. The lowest BCUT2D eigenvalue weighted by molar-refractivity contribution is -0.138. The molecule has 0 amide bonds. The summed E-state index contributed by atoms with van der Waals surface area (Å²) in [6.07, 6.45) is 0. The summed E-state index contributed by atoms with van der Waals surface area (Å²) in [7, 11) is 0. The van der Waals surface area contributed by atoms with Crippen LogP contribution in [0.2, 0.25) is 0 Å². The Balaban J connectivity index is 2.34. The fourth-order valence-electron chi connectivity index (χ4n) is 2.23. The van der Waals surface area contributed by atoms with Crippen molar-refractivity contribution in [2.24, 2.45) is 10.7 Å². The number of aliphatic imine (C=N–C) groups is 1. The van der Waals surface area contributed by atoms with Gasteiger partial charge in [0.2, 0.25) is 0 Å². The minimum absolute atomic E-state index is 0.216. The molecule has 5 nitrogen and oxygen atoms in total. The Bertz CT molecular complexity index is 608. The molecule has 1 aromatic rings. The Kier molecular flexibility index (Phi) is 5.49. The number of rotatable bonds is 5. The number of allylic oxidation sites excluding steroid dienone is 1. The fourth-order valence-corrected chi connectivity index (χ4v) is 3.33. The number of hydrogen-bond donors (Lipinski definition) is 1. The summed E-state index contributed by atoms with van der Waals surface area (Å²) >= 11 is 1.35. The van der Waals surface area contributed by atoms with Crippen molar-refractivity contribution in [3.05, 3.63) is 41.1 Å². The zero-order chi connectivity index (χ0) is 16.1. The maximum atomic E-state index is 12.2. The number of carbonyl (C=O) groups excluding carboxylic acids is 1. The molecule has 0 aliphatic carbocycles. The van der Waals surface area contributed by atoms with E-state index in [1.807, 2.05) is 31.2 Å². The Morgan fingerprint density at radius 2 is 1.95 bits per heavy atom. The normalized spacial score (nSPS) is 18.0. The molecule has 1 unspecified atom stereocenters. The Morgan fingerprint density at radius 1 is 1.27 bits per heavy atom. The van der Waals surface area contributed by atoms with Crippen molar-refractivity contribution in [1.29, 1.82) is 0 Å². The van der Waals surface area contributed by atoms with Crippen LogP contribution in [0.3, 0.4) is 0 Å². The molecule has 0 bridgehead atoms. The van der Waals surface area contributed by atoms with E-state index in [9.17, 15) is 4.79 Å². The van der Waals surface area contributed by atoms with E-state index in [4.69, 9.17) is 15.2 Å². The van der Waals surface area contributed by atoms with Crippen LogP contribution >= 0.6 is 11.8 Å². The third-order valence-corrected chi connectivity index (χ3v) is 4.23. The van der Waals surface area contributed by atoms with Crippen LogP contribution < -0.4 is 10.5 Å². The van der Waals surface area contributed by atoms with Crippen LogP contribution in [-0.2, 0) is 9.53 Å². The van der Waals surface area contributed by atoms with Crippen LogP contribution in [0.4, 0.5) is 0 Å². The molecule has 0 radical (unpaired) electrons. The predicted molar refractivity (Wildman–Crippen MR) is 88.9 cm³/mol. The lowest BCUT2D eigenvalue weighted by atomic mass is 10.0. The molecule has 1 aliphatic rings. The van der Waals surface area contributed by atoms with E-state index < -0.39 is 0 Å². The van der Waals surface area contributed by atoms with Crippen molar-refractivity contribution in [2.75, 3.05) is 13.2 Å². The lowest BCUT2D eigenvalue weighted by Gasteiger charge is -2.24. The summed E-state index contributed by atoms with van der Waals surface area (Å²) in [5.74, 6) is 0.453. The summed E-state index contributed by atoms with van der Waals surface area (Å²) in [4.78, 5) is 16.4. The summed E-state index contributed by atoms with van der Waals surface area (Å²) in [6, 6.07) is 7.65. The van der Waals surface area contributed by atoms with Gasteiger partial charge in [0, 0.05) is 0 Å². The number of ether oxygens (including phenoxy) is 2. The van der Waals surface area contributed by atoms with Gasteiger partial charge < -0.3 is 15.2 Å². The Morgan fingerprint density at radius 3 is 2.55 bits per heavy atom. The molecule has 0 fully saturated rings. The van der Waals surface area contributed by atoms with Crippen LogP contribution in [-0.4, -0.2) is 24.4 Å². The van der Waals surface area contributed by atoms with E-state index >= 15 is 0 Å². The number of nitrogens with zero attached hydrogens (tertiary/aromatic N) is 1. The van der Waals surface area contributed by atoms with Crippen LogP contribution in [0.5, 0.6) is 5.75 Å². The molecule has 118 valence electrons. The van der Waals surface area contributed by atoms with Crippen molar-refractivity contribution in [3.8, 4) is 5.75 Å². The van der Waals surface area contributed by atoms with E-state index in [0.717, 1.165) is 11.3 Å². The van der Waals surface area contributed by atoms with Crippen molar-refractivity contribution in [1.82, 2.24) is 0 Å². The van der Waals surface area contributed by atoms with E-state index in [1.54, 1.807) is 13.8 Å². The van der Waals surface area contributed by atoms with Gasteiger partial charge in [0.1, 0.15) is 5.75 Å². The SMILES string of the molecule is CCOC(=O)C1=C(C)N=C(N)SC1c1ccc(OCC)cc1. The van der Waals surface area contributed by atoms with Gasteiger partial charge in [0.25, 0.3) is 0 Å². The first-order chi connectivity index (χ1) is 10.6. The molecule has 1 aromatic carbocycles. The van der Waals surface area contributed by atoms with Crippen molar-refractivity contribution in [3.63, 3.8) is 0 Å². The van der Waals surface area contributed by atoms with E-state index in [0.29, 0.717) is 29.7 Å². The zero-order valence-electron chi connectivity index (χ0n) is 13.0. The molecular formula is C16H20N2O3S. The van der Waals surface area contributed by atoms with Gasteiger partial charge in [-0.15, -0.1) is 0 Å². The minimum atomic E-state index is -0.345. The number of amidine groups is 1. The van der Waals surface area contributed by atoms with Gasteiger partial charge in [-0.2, -0.15) is 0 Å². The molecule has 1 atom stereocenters. The number of carbonyl (C=O) groups is 1. The molecule has 0 saturated heterocycles. The van der Waals surface area contributed by atoms with Gasteiger partial charge in [-0.3, -0.25) is 0 Å². The highest BCUT2D eigenvalue weighted by Gasteiger charge is 2.31. The number of hydrogen-bond acceptors (Lipinski definition) is 6. The third kappa shape index (κ3) is 3.62. The van der Waals surface area contributed by atoms with Gasteiger partial charge in [0.15, 0.2) is 5.17 Å². The van der Waals surface area contributed by atoms with E-state index in [2.05, 4.69) is 4.99 Å². The second kappa shape index (κ2) is 7.35. The van der Waals surface area contributed by atoms with E-state index in [1.165, 1.54) is 11.8 Å². The highest BCUT2D eigenvalue weighted by atomic mass is 32.2. The second-order valence-corrected chi connectivity index (χ2v) is 5.79. The highest BCUT2D eigenvalue weighted by molar-refractivity contribution is 8.14. The Labute approximate surface area is 134 Å². The average Bonchev–Trinajstić information content (AvgIpc) is 2.47. The van der Waals surface area contributed by atoms with Crippen molar-refractivity contribution in [2.45, 2.75) is 26.0 Å². The van der Waals surface area contributed by atoms with Crippen molar-refractivity contribution < 1.29 is 14.3 Å². The molecule has 0 spiro atoms. The summed E-state index contributed by atoms with van der Waals surface area (Å²) in [5, 5.41) is 0.233. The van der Waals surface area contributed by atoms with Crippen LogP contribution in [0.15, 0.2) is 40.5 Å². The topological polar surface area (TPSA) is 73.9 Å². The molecular weight excluding hydrogens is 300 g/mol. The highest BCUT2D eigenvalue weighted by Crippen LogP contribution is 2.41. The lowest BCUT2D eigenvalue weighted by Crippen LogP contribution is -2.22. The number of esters is 1. The van der Waals surface area contributed by atoms with Crippen molar-refractivity contribution >= 4 is 22.9 Å². The van der Waals surface area contributed by atoms with Gasteiger partial charge in [-0.1, -0.05) is 23.9 Å². The second-order valence-electron chi connectivity index (χ2n) is 4.67. The minimum Gasteiger partial charge on any atom is -0.494 e. The zero-order valence-corrected chi connectivity index (χ0v) is 13.8. The molecule has 0 aromatic heterocycles. The number of thioether (sulfide) groups is 1. The van der Waals surface area contributed by atoms with Gasteiger partial charge in [-0.05, 0) is 38.5 Å². The Hall–Kier alpha value is -1.95. The third-order valence-electron chi connectivity index (χ3n) is 3.16. The smallest absolute Gasteiger partial charge is 0.337 e. The molecule has 22 heavy (non-hydrogen) atoms. The summed E-state index contributed by atoms with van der Waals surface area (Å²) in [6.45, 7) is 6.44. The van der Waals surface area contributed by atoms with Gasteiger partial charge >= 0.3 is 5.97 Å². The number of benzene rings is 1. The first-order valence-corrected chi connectivity index (χ1v) is 8.06. The van der Waals surface area contributed by atoms with Crippen LogP contribution in [0, 0.1) is 0 Å². The van der Waals surface area contributed by atoms with E-state index in [-0.39, 0.29) is 11.2 Å². The molecule has 1 aliphatic heterocycles.